The maximum absolute atomic E-state index is 12.5. The van der Waals surface area contributed by atoms with Gasteiger partial charge in [0.05, 0.1) is 11.2 Å². The first-order valence-corrected chi connectivity index (χ1v) is 7.45. The molecule has 0 radical (unpaired) electrons. The summed E-state index contributed by atoms with van der Waals surface area (Å²) in [6.45, 7) is 8.00. The molecule has 0 bridgehead atoms. The molecule has 0 aliphatic carbocycles. The number of hydrogen-bond acceptors (Lipinski definition) is 4. The normalized spacial score (nSPS) is 11.7. The number of fused-ring (bicyclic) bond motifs is 1. The Balaban J connectivity index is 1.92. The number of nitrogens with zero attached hydrogens (tertiary/aromatic N) is 4. The Labute approximate surface area is 134 Å². The molecule has 1 N–H and O–H groups in total. The highest BCUT2D eigenvalue weighted by atomic mass is 16.2. The minimum absolute atomic E-state index is 0.227. The fourth-order valence-corrected chi connectivity index (χ4v) is 2.36. The summed E-state index contributed by atoms with van der Waals surface area (Å²) in [5.41, 5.74) is 1.51. The molecule has 1 amide bonds. The van der Waals surface area contributed by atoms with E-state index in [0.29, 0.717) is 17.2 Å². The smallest absolute Gasteiger partial charge is 0.275 e. The Hall–Kier alpha value is -2.76. The van der Waals surface area contributed by atoms with Crippen molar-refractivity contribution in [1.29, 1.82) is 0 Å². The lowest BCUT2D eigenvalue weighted by Crippen LogP contribution is -2.27. The summed E-state index contributed by atoms with van der Waals surface area (Å²) >= 11 is 0. The Bertz CT molecular complexity index is 876. The van der Waals surface area contributed by atoms with Crippen LogP contribution in [0.3, 0.4) is 0 Å². The number of amides is 1. The van der Waals surface area contributed by atoms with Crippen molar-refractivity contribution >= 4 is 22.8 Å². The van der Waals surface area contributed by atoms with Crippen LogP contribution in [0.25, 0.3) is 11.0 Å². The number of rotatable bonds is 2. The summed E-state index contributed by atoms with van der Waals surface area (Å²) in [6, 6.07) is 9.15. The number of hydrogen-bond donors (Lipinski definition) is 1. The van der Waals surface area contributed by atoms with Crippen LogP contribution in [0.2, 0.25) is 0 Å². The van der Waals surface area contributed by atoms with E-state index in [0.717, 1.165) is 11.1 Å². The molecule has 0 atom stereocenters. The number of carbonyl (C=O) groups excluding carboxylic acids is 1. The van der Waals surface area contributed by atoms with E-state index in [-0.39, 0.29) is 11.4 Å². The molecule has 0 unspecified atom stereocenters. The minimum Gasteiger partial charge on any atom is -0.305 e. The van der Waals surface area contributed by atoms with Crippen LogP contribution in [0.4, 0.5) is 5.82 Å². The summed E-state index contributed by atoms with van der Waals surface area (Å²) in [6.07, 6.45) is 1.66. The molecule has 3 rings (SSSR count). The van der Waals surface area contributed by atoms with Crippen molar-refractivity contribution in [3.05, 3.63) is 47.9 Å². The third-order valence-electron chi connectivity index (χ3n) is 3.41. The highest BCUT2D eigenvalue weighted by Gasteiger charge is 2.20. The van der Waals surface area contributed by atoms with E-state index in [9.17, 15) is 4.79 Å². The SMILES string of the molecule is Cc1cc(NC(=O)c2ccc3cccnc3n2)n(C(C)(C)C)n1. The van der Waals surface area contributed by atoms with Crippen LogP contribution in [0.15, 0.2) is 36.5 Å². The second-order valence-corrected chi connectivity index (χ2v) is 6.45. The molecule has 118 valence electrons. The van der Waals surface area contributed by atoms with Crippen LogP contribution < -0.4 is 5.32 Å². The van der Waals surface area contributed by atoms with Crippen LogP contribution in [0.5, 0.6) is 0 Å². The summed E-state index contributed by atoms with van der Waals surface area (Å²) in [5.74, 6) is 0.380. The molecular weight excluding hydrogens is 290 g/mol. The Morgan fingerprint density at radius 3 is 2.74 bits per heavy atom. The molecule has 3 aromatic rings. The number of aryl methyl sites for hydroxylation is 1. The van der Waals surface area contributed by atoms with E-state index in [1.807, 2.05) is 52.0 Å². The fraction of sp³-hybridized carbons (Fsp3) is 0.294. The van der Waals surface area contributed by atoms with Gasteiger partial charge in [-0.25, -0.2) is 14.6 Å². The lowest BCUT2D eigenvalue weighted by atomic mass is 10.1. The molecule has 6 nitrogen and oxygen atoms in total. The van der Waals surface area contributed by atoms with E-state index in [2.05, 4.69) is 20.4 Å². The predicted octanol–water partition coefficient (Wildman–Crippen LogP) is 3.14. The lowest BCUT2D eigenvalue weighted by Gasteiger charge is -2.22. The van der Waals surface area contributed by atoms with Crippen molar-refractivity contribution in [3.8, 4) is 0 Å². The molecule has 3 heterocycles. The van der Waals surface area contributed by atoms with Crippen LogP contribution in [-0.4, -0.2) is 25.7 Å². The van der Waals surface area contributed by atoms with E-state index in [1.54, 1.807) is 16.9 Å². The maximum Gasteiger partial charge on any atom is 0.275 e. The van der Waals surface area contributed by atoms with Gasteiger partial charge in [-0.3, -0.25) is 4.79 Å². The van der Waals surface area contributed by atoms with Crippen LogP contribution in [-0.2, 0) is 5.54 Å². The molecule has 3 aromatic heterocycles. The van der Waals surface area contributed by atoms with Crippen LogP contribution >= 0.6 is 0 Å². The van der Waals surface area contributed by atoms with E-state index >= 15 is 0 Å². The molecule has 0 aliphatic rings. The van der Waals surface area contributed by atoms with Crippen molar-refractivity contribution in [2.75, 3.05) is 5.32 Å². The molecule has 6 heteroatoms. The summed E-state index contributed by atoms with van der Waals surface area (Å²) < 4.78 is 1.81. The summed E-state index contributed by atoms with van der Waals surface area (Å²) in [5, 5.41) is 8.24. The van der Waals surface area contributed by atoms with Gasteiger partial charge in [0.2, 0.25) is 0 Å². The van der Waals surface area contributed by atoms with Gasteiger partial charge in [0.1, 0.15) is 11.5 Å². The van der Waals surface area contributed by atoms with Gasteiger partial charge in [-0.1, -0.05) is 0 Å². The molecule has 0 spiro atoms. The standard InChI is InChI=1S/C17H19N5O/c1-11-10-14(22(21-11)17(2,3)4)20-16(23)13-8-7-12-6-5-9-18-15(12)19-13/h5-10H,1-4H3,(H,20,23). The first kappa shape index (κ1) is 15.1. The second-order valence-electron chi connectivity index (χ2n) is 6.45. The zero-order valence-electron chi connectivity index (χ0n) is 13.7. The quantitative estimate of drug-likeness (QED) is 0.789. The van der Waals surface area contributed by atoms with Crippen molar-refractivity contribution in [3.63, 3.8) is 0 Å². The van der Waals surface area contributed by atoms with Gasteiger partial charge in [-0.2, -0.15) is 5.10 Å². The topological polar surface area (TPSA) is 72.7 Å². The van der Waals surface area contributed by atoms with Gasteiger partial charge < -0.3 is 5.32 Å². The van der Waals surface area contributed by atoms with Gasteiger partial charge in [0.25, 0.3) is 5.91 Å². The Morgan fingerprint density at radius 2 is 2.00 bits per heavy atom. The molecular formula is C17H19N5O. The van der Waals surface area contributed by atoms with Crippen LogP contribution in [0.1, 0.15) is 37.0 Å². The van der Waals surface area contributed by atoms with Gasteiger partial charge in [-0.15, -0.1) is 0 Å². The molecule has 0 saturated carbocycles. The maximum atomic E-state index is 12.5. The van der Waals surface area contributed by atoms with Gasteiger partial charge in [0, 0.05) is 17.6 Å². The molecule has 0 fully saturated rings. The third kappa shape index (κ3) is 3.06. The lowest BCUT2D eigenvalue weighted by molar-refractivity contribution is 0.102. The average Bonchev–Trinajstić information content (AvgIpc) is 2.87. The largest absolute Gasteiger partial charge is 0.305 e. The van der Waals surface area contributed by atoms with Gasteiger partial charge in [0.15, 0.2) is 5.65 Å². The monoisotopic (exact) mass is 309 g/mol. The van der Waals surface area contributed by atoms with Crippen LogP contribution in [0, 0.1) is 6.92 Å². The zero-order valence-corrected chi connectivity index (χ0v) is 13.7. The Morgan fingerprint density at radius 1 is 1.22 bits per heavy atom. The van der Waals surface area contributed by atoms with E-state index in [1.165, 1.54) is 0 Å². The zero-order chi connectivity index (χ0) is 16.6. The minimum atomic E-state index is -0.275. The second kappa shape index (κ2) is 5.46. The number of carbonyl (C=O) groups is 1. The third-order valence-corrected chi connectivity index (χ3v) is 3.41. The van der Waals surface area contributed by atoms with E-state index in [4.69, 9.17) is 0 Å². The van der Waals surface area contributed by atoms with E-state index < -0.39 is 0 Å². The first-order valence-electron chi connectivity index (χ1n) is 7.45. The van der Waals surface area contributed by atoms with Gasteiger partial charge in [-0.05, 0) is 52.0 Å². The first-order chi connectivity index (χ1) is 10.8. The predicted molar refractivity (Wildman–Crippen MR) is 89.5 cm³/mol. The van der Waals surface area contributed by atoms with Gasteiger partial charge >= 0.3 is 0 Å². The fourth-order valence-electron chi connectivity index (χ4n) is 2.36. The highest BCUT2D eigenvalue weighted by Crippen LogP contribution is 2.21. The van der Waals surface area contributed by atoms with Crippen molar-refractivity contribution in [2.24, 2.45) is 0 Å². The Kier molecular flexibility index (Phi) is 3.60. The number of anilines is 1. The molecule has 0 saturated heterocycles. The molecule has 0 aliphatic heterocycles. The highest BCUT2D eigenvalue weighted by molar-refractivity contribution is 6.03. The average molecular weight is 309 g/mol. The summed E-state index contributed by atoms with van der Waals surface area (Å²) in [7, 11) is 0. The number of aromatic nitrogens is 4. The number of nitrogens with one attached hydrogen (secondary N) is 1. The van der Waals surface area contributed by atoms with Crippen molar-refractivity contribution in [2.45, 2.75) is 33.2 Å². The van der Waals surface area contributed by atoms with Crippen molar-refractivity contribution < 1.29 is 4.79 Å². The molecule has 0 aromatic carbocycles. The molecule has 23 heavy (non-hydrogen) atoms. The number of pyridine rings is 2. The van der Waals surface area contributed by atoms with Crippen molar-refractivity contribution in [1.82, 2.24) is 19.7 Å². The summed E-state index contributed by atoms with van der Waals surface area (Å²) in [4.78, 5) is 21.0.